The van der Waals surface area contributed by atoms with Crippen LogP contribution in [0.3, 0.4) is 0 Å². The van der Waals surface area contributed by atoms with Gasteiger partial charge in [0.25, 0.3) is 0 Å². The van der Waals surface area contributed by atoms with Crippen LogP contribution in [0.1, 0.15) is 31.4 Å². The van der Waals surface area contributed by atoms with Crippen LogP contribution >= 0.6 is 0 Å². The predicted octanol–water partition coefficient (Wildman–Crippen LogP) is 3.65. The lowest BCUT2D eigenvalue weighted by molar-refractivity contribution is -0.137. The summed E-state index contributed by atoms with van der Waals surface area (Å²) in [5.74, 6) is 0. The molecule has 1 fully saturated rings. The van der Waals surface area contributed by atoms with Gasteiger partial charge in [-0.25, -0.2) is 0 Å². The monoisotopic (exact) mass is 352 g/mol. The van der Waals surface area contributed by atoms with Gasteiger partial charge in [0.2, 0.25) is 0 Å². The van der Waals surface area contributed by atoms with E-state index in [9.17, 15) is 13.2 Å². The first-order valence-corrected chi connectivity index (χ1v) is 8.34. The number of alkyl halides is 3. The van der Waals surface area contributed by atoms with Gasteiger partial charge >= 0.3 is 6.18 Å². The van der Waals surface area contributed by atoms with Crippen molar-refractivity contribution in [1.82, 2.24) is 15.1 Å². The Kier molecular flexibility index (Phi) is 4.64. The SMILES string of the molecule is CC1(C)CN(Cc2cn[nH]c2-c2ccc(C(F)(F)F)cc2)CCC1N. The molecular formula is C18H23F3N4. The summed E-state index contributed by atoms with van der Waals surface area (Å²) in [6, 6.07) is 5.35. The summed E-state index contributed by atoms with van der Waals surface area (Å²) in [5.41, 5.74) is 8.02. The number of hydrogen-bond acceptors (Lipinski definition) is 3. The molecule has 1 saturated heterocycles. The van der Waals surface area contributed by atoms with Crippen LogP contribution in [0.5, 0.6) is 0 Å². The third kappa shape index (κ3) is 3.88. The molecular weight excluding hydrogens is 329 g/mol. The minimum absolute atomic E-state index is 0.0382. The Morgan fingerprint density at radius 2 is 1.96 bits per heavy atom. The fourth-order valence-corrected chi connectivity index (χ4v) is 3.37. The molecule has 1 aliphatic heterocycles. The number of rotatable bonds is 3. The normalized spacial score (nSPS) is 21.4. The maximum Gasteiger partial charge on any atom is 0.416 e. The molecule has 0 aliphatic carbocycles. The number of piperidine rings is 1. The molecule has 7 heteroatoms. The molecule has 0 bridgehead atoms. The Morgan fingerprint density at radius 1 is 1.28 bits per heavy atom. The van der Waals surface area contributed by atoms with E-state index in [1.807, 2.05) is 0 Å². The Morgan fingerprint density at radius 3 is 2.56 bits per heavy atom. The first kappa shape index (κ1) is 17.9. The van der Waals surface area contributed by atoms with Crippen molar-refractivity contribution in [3.63, 3.8) is 0 Å². The van der Waals surface area contributed by atoms with Crippen LogP contribution in [0.15, 0.2) is 30.5 Å². The highest BCUT2D eigenvalue weighted by Gasteiger charge is 2.34. The van der Waals surface area contributed by atoms with Crippen LogP contribution < -0.4 is 5.73 Å². The van der Waals surface area contributed by atoms with Gasteiger partial charge in [-0.2, -0.15) is 18.3 Å². The molecule has 3 N–H and O–H groups in total. The molecule has 2 heterocycles. The van der Waals surface area contributed by atoms with E-state index in [2.05, 4.69) is 28.9 Å². The van der Waals surface area contributed by atoms with Crippen molar-refractivity contribution in [2.24, 2.45) is 11.1 Å². The molecule has 0 spiro atoms. The number of nitrogens with two attached hydrogens (primary N) is 1. The van der Waals surface area contributed by atoms with Crippen molar-refractivity contribution in [2.75, 3.05) is 13.1 Å². The van der Waals surface area contributed by atoms with Gasteiger partial charge in [-0.15, -0.1) is 0 Å². The lowest BCUT2D eigenvalue weighted by Crippen LogP contribution is -2.52. The molecule has 1 aromatic heterocycles. The lowest BCUT2D eigenvalue weighted by atomic mass is 9.79. The first-order valence-electron chi connectivity index (χ1n) is 8.34. The molecule has 3 rings (SSSR count). The highest BCUT2D eigenvalue weighted by atomic mass is 19.4. The van der Waals surface area contributed by atoms with Gasteiger partial charge in [0.05, 0.1) is 17.5 Å². The summed E-state index contributed by atoms with van der Waals surface area (Å²) in [7, 11) is 0. The molecule has 0 amide bonds. The van der Waals surface area contributed by atoms with Crippen LogP contribution in [-0.2, 0) is 12.7 Å². The van der Waals surface area contributed by atoms with Gasteiger partial charge in [-0.05, 0) is 29.5 Å². The van der Waals surface area contributed by atoms with Gasteiger partial charge < -0.3 is 5.73 Å². The van der Waals surface area contributed by atoms with Gasteiger partial charge in [0.15, 0.2) is 0 Å². The molecule has 1 aliphatic rings. The molecule has 136 valence electrons. The van der Waals surface area contributed by atoms with Crippen molar-refractivity contribution in [1.29, 1.82) is 0 Å². The fraction of sp³-hybridized carbons (Fsp3) is 0.500. The Balaban J connectivity index is 1.77. The summed E-state index contributed by atoms with van der Waals surface area (Å²) in [5, 5.41) is 7.00. The maximum atomic E-state index is 12.7. The summed E-state index contributed by atoms with van der Waals surface area (Å²) < 4.78 is 38.2. The average Bonchev–Trinajstić information content (AvgIpc) is 2.98. The minimum Gasteiger partial charge on any atom is -0.327 e. The fourth-order valence-electron chi connectivity index (χ4n) is 3.37. The number of likely N-dealkylation sites (tertiary alicyclic amines) is 1. The summed E-state index contributed by atoms with van der Waals surface area (Å²) >= 11 is 0. The zero-order valence-corrected chi connectivity index (χ0v) is 14.4. The number of nitrogens with zero attached hydrogens (tertiary/aromatic N) is 2. The lowest BCUT2D eigenvalue weighted by Gasteiger charge is -2.42. The van der Waals surface area contributed by atoms with E-state index in [0.29, 0.717) is 12.1 Å². The zero-order chi connectivity index (χ0) is 18.2. The number of halogens is 3. The summed E-state index contributed by atoms with van der Waals surface area (Å²) in [4.78, 5) is 2.32. The molecule has 1 aromatic carbocycles. The topological polar surface area (TPSA) is 57.9 Å². The first-order chi connectivity index (χ1) is 11.7. The van der Waals surface area contributed by atoms with Crippen molar-refractivity contribution < 1.29 is 13.2 Å². The second-order valence-corrected chi connectivity index (χ2v) is 7.44. The molecule has 2 aromatic rings. The van der Waals surface area contributed by atoms with Crippen molar-refractivity contribution in [3.8, 4) is 11.3 Å². The summed E-state index contributed by atoms with van der Waals surface area (Å²) in [6.45, 7) is 6.81. The largest absolute Gasteiger partial charge is 0.416 e. The minimum atomic E-state index is -4.33. The van der Waals surface area contributed by atoms with Crippen LogP contribution in [0, 0.1) is 5.41 Å². The van der Waals surface area contributed by atoms with Gasteiger partial charge in [0, 0.05) is 31.2 Å². The van der Waals surface area contributed by atoms with E-state index in [0.717, 1.165) is 42.9 Å². The number of H-pyrrole nitrogens is 1. The van der Waals surface area contributed by atoms with Gasteiger partial charge in [0.1, 0.15) is 0 Å². The Hall–Kier alpha value is -1.86. The van der Waals surface area contributed by atoms with E-state index < -0.39 is 11.7 Å². The molecule has 0 saturated carbocycles. The average molecular weight is 352 g/mol. The van der Waals surface area contributed by atoms with Gasteiger partial charge in [-0.3, -0.25) is 10.00 Å². The number of benzene rings is 1. The van der Waals surface area contributed by atoms with E-state index in [4.69, 9.17) is 5.73 Å². The van der Waals surface area contributed by atoms with Crippen molar-refractivity contribution in [2.45, 2.75) is 39.0 Å². The van der Waals surface area contributed by atoms with Crippen molar-refractivity contribution in [3.05, 3.63) is 41.6 Å². The highest BCUT2D eigenvalue weighted by Crippen LogP contribution is 2.32. The third-order valence-electron chi connectivity index (χ3n) is 5.00. The smallest absolute Gasteiger partial charge is 0.327 e. The molecule has 0 radical (unpaired) electrons. The molecule has 1 atom stereocenters. The van der Waals surface area contributed by atoms with Crippen LogP contribution in [0.4, 0.5) is 13.2 Å². The Bertz CT molecular complexity index is 719. The van der Waals surface area contributed by atoms with Crippen molar-refractivity contribution >= 4 is 0 Å². The molecule has 4 nitrogen and oxygen atoms in total. The van der Waals surface area contributed by atoms with E-state index in [1.165, 1.54) is 12.1 Å². The summed E-state index contributed by atoms with van der Waals surface area (Å²) in [6.07, 6.45) is -1.65. The predicted molar refractivity (Wildman–Crippen MR) is 90.7 cm³/mol. The van der Waals surface area contributed by atoms with E-state index >= 15 is 0 Å². The van der Waals surface area contributed by atoms with E-state index in [-0.39, 0.29) is 11.5 Å². The maximum absolute atomic E-state index is 12.7. The second-order valence-electron chi connectivity index (χ2n) is 7.44. The Labute approximate surface area is 145 Å². The highest BCUT2D eigenvalue weighted by molar-refractivity contribution is 5.63. The van der Waals surface area contributed by atoms with E-state index in [1.54, 1.807) is 6.20 Å². The zero-order valence-electron chi connectivity index (χ0n) is 14.4. The van der Waals surface area contributed by atoms with Gasteiger partial charge in [-0.1, -0.05) is 26.0 Å². The van der Waals surface area contributed by atoms with Crippen LogP contribution in [0.25, 0.3) is 11.3 Å². The number of hydrogen-bond donors (Lipinski definition) is 2. The number of aromatic amines is 1. The van der Waals surface area contributed by atoms with Crippen LogP contribution in [-0.4, -0.2) is 34.2 Å². The molecule has 1 unspecified atom stereocenters. The standard InChI is InChI=1S/C18H23F3N4/c1-17(2)11-25(8-7-15(17)22)10-13-9-23-24-16(13)12-3-5-14(6-4-12)18(19,20)21/h3-6,9,15H,7-8,10-11,22H2,1-2H3,(H,23,24). The second kappa shape index (κ2) is 6.46. The molecule has 25 heavy (non-hydrogen) atoms. The quantitative estimate of drug-likeness (QED) is 0.886. The third-order valence-corrected chi connectivity index (χ3v) is 5.00. The number of nitrogens with one attached hydrogen (secondary N) is 1. The van der Waals surface area contributed by atoms with Crippen LogP contribution in [0.2, 0.25) is 0 Å². The number of aromatic nitrogens is 2.